The molecule has 0 N–H and O–H groups in total. The Morgan fingerprint density at radius 1 is 0.789 bits per heavy atom. The third-order valence-electron chi connectivity index (χ3n) is 5.46. The van der Waals surface area contributed by atoms with Crippen LogP contribution >= 0.6 is 0 Å². The van der Waals surface area contributed by atoms with Crippen molar-refractivity contribution in [1.29, 1.82) is 0 Å². The van der Waals surface area contributed by atoms with E-state index < -0.39 is 0 Å². The topological polar surface area (TPSA) is 8.72 Å². The van der Waals surface area contributed by atoms with E-state index in [4.69, 9.17) is 13.1 Å². The van der Waals surface area contributed by atoms with Crippen molar-refractivity contribution >= 4 is 0 Å². The molecule has 2 aliphatic rings. The van der Waals surface area contributed by atoms with Crippen molar-refractivity contribution in [3.05, 3.63) is 22.8 Å². The van der Waals surface area contributed by atoms with Gasteiger partial charge in [0.05, 0.1) is 0 Å². The van der Waals surface area contributed by atoms with Crippen molar-refractivity contribution in [3.8, 4) is 0 Å². The van der Waals surface area contributed by atoms with Crippen LogP contribution in [-0.4, -0.2) is 12.1 Å². The molecule has 19 heavy (non-hydrogen) atoms. The lowest BCUT2D eigenvalue weighted by Gasteiger charge is -2.33. The molecule has 6 atom stereocenters. The predicted molar refractivity (Wildman–Crippen MR) is 78.4 cm³/mol. The molecule has 2 nitrogen and oxygen atoms in total. The highest BCUT2D eigenvalue weighted by Gasteiger charge is 2.36. The fourth-order valence-electron chi connectivity index (χ4n) is 4.27. The van der Waals surface area contributed by atoms with E-state index in [1.54, 1.807) is 0 Å². The SMILES string of the molecule is [C-]#[N+]C1CCC(CC2CCC([N+]#[C-])C(C)C2)CC1C. The number of nitrogens with zero attached hydrogens (tertiary/aromatic N) is 2. The Morgan fingerprint density at radius 2 is 1.21 bits per heavy atom. The maximum Gasteiger partial charge on any atom is 0.226 e. The summed E-state index contributed by atoms with van der Waals surface area (Å²) in [5.41, 5.74) is 0. The van der Waals surface area contributed by atoms with Crippen LogP contribution in [-0.2, 0) is 0 Å². The zero-order valence-corrected chi connectivity index (χ0v) is 12.3. The molecule has 2 aliphatic carbocycles. The quantitative estimate of drug-likeness (QED) is 0.628. The minimum Gasteiger partial charge on any atom is -0.313 e. The summed E-state index contributed by atoms with van der Waals surface area (Å²) < 4.78 is 0. The maximum atomic E-state index is 7.21. The predicted octanol–water partition coefficient (Wildman–Crippen LogP) is 4.82. The van der Waals surface area contributed by atoms with Crippen molar-refractivity contribution in [1.82, 2.24) is 0 Å². The van der Waals surface area contributed by atoms with Crippen molar-refractivity contribution in [3.63, 3.8) is 0 Å². The molecule has 2 saturated carbocycles. The molecular formula is C17H26N2. The van der Waals surface area contributed by atoms with Crippen molar-refractivity contribution in [2.24, 2.45) is 23.7 Å². The third kappa shape index (κ3) is 3.50. The molecule has 0 spiro atoms. The highest BCUT2D eigenvalue weighted by Crippen LogP contribution is 2.40. The van der Waals surface area contributed by atoms with Gasteiger partial charge < -0.3 is 9.69 Å². The lowest BCUT2D eigenvalue weighted by atomic mass is 9.71. The lowest BCUT2D eigenvalue weighted by Crippen LogP contribution is -2.29. The number of rotatable bonds is 2. The molecule has 2 heteroatoms. The van der Waals surface area contributed by atoms with Gasteiger partial charge in [0.1, 0.15) is 0 Å². The van der Waals surface area contributed by atoms with Crippen molar-refractivity contribution in [2.45, 2.75) is 70.9 Å². The molecule has 0 aliphatic heterocycles. The average Bonchev–Trinajstić information content (AvgIpc) is 2.39. The first-order valence-electron chi connectivity index (χ1n) is 7.87. The molecular weight excluding hydrogens is 232 g/mol. The number of hydrogen-bond donors (Lipinski definition) is 0. The second-order valence-electron chi connectivity index (χ2n) is 6.94. The van der Waals surface area contributed by atoms with Crippen LogP contribution in [0.4, 0.5) is 0 Å². The maximum absolute atomic E-state index is 7.21. The van der Waals surface area contributed by atoms with Gasteiger partial charge >= 0.3 is 0 Å². The smallest absolute Gasteiger partial charge is 0.226 e. The van der Waals surface area contributed by atoms with Gasteiger partial charge in [0.2, 0.25) is 12.1 Å². The Bertz CT molecular complexity index is 340. The Morgan fingerprint density at radius 3 is 1.53 bits per heavy atom. The highest BCUT2D eigenvalue weighted by atomic mass is 14.7. The second kappa shape index (κ2) is 6.42. The van der Waals surface area contributed by atoms with Gasteiger partial charge in [-0.25, -0.2) is 13.1 Å². The largest absolute Gasteiger partial charge is 0.313 e. The highest BCUT2D eigenvalue weighted by molar-refractivity contribution is 4.93. The van der Waals surface area contributed by atoms with E-state index in [1.165, 1.54) is 32.1 Å². The van der Waals surface area contributed by atoms with Gasteiger partial charge in [0.25, 0.3) is 0 Å². The van der Waals surface area contributed by atoms with Gasteiger partial charge in [0.15, 0.2) is 0 Å². The van der Waals surface area contributed by atoms with E-state index in [-0.39, 0.29) is 12.1 Å². The average molecular weight is 258 g/mol. The van der Waals surface area contributed by atoms with Crippen molar-refractivity contribution < 1.29 is 0 Å². The van der Waals surface area contributed by atoms with Crippen LogP contribution in [0.1, 0.15) is 58.8 Å². The fraction of sp³-hybridized carbons (Fsp3) is 0.882. The zero-order chi connectivity index (χ0) is 13.8. The molecule has 6 unspecified atom stereocenters. The summed E-state index contributed by atoms with van der Waals surface area (Å²) in [6.45, 7) is 18.9. The minimum atomic E-state index is 0.285. The standard InChI is InChI=1S/C17H26N2/c1-12-9-14(5-7-16(12)18-3)11-15-6-8-17(19-4)13(2)10-15/h12-17H,5-11H2,1-2H3. The Kier molecular flexibility index (Phi) is 4.87. The van der Waals surface area contributed by atoms with E-state index in [0.29, 0.717) is 11.8 Å². The van der Waals surface area contributed by atoms with Crippen LogP contribution in [0.15, 0.2) is 0 Å². The molecule has 2 rings (SSSR count). The summed E-state index contributed by atoms with van der Waals surface area (Å²) in [6.07, 6.45) is 8.60. The fourth-order valence-corrected chi connectivity index (χ4v) is 4.27. The molecule has 2 fully saturated rings. The van der Waals surface area contributed by atoms with E-state index in [9.17, 15) is 0 Å². The molecule has 0 heterocycles. The number of hydrogen-bond acceptors (Lipinski definition) is 0. The second-order valence-corrected chi connectivity index (χ2v) is 6.94. The van der Waals surface area contributed by atoms with Gasteiger partial charge in [-0.2, -0.15) is 0 Å². The van der Waals surface area contributed by atoms with Crippen molar-refractivity contribution in [2.75, 3.05) is 0 Å². The minimum absolute atomic E-state index is 0.285. The molecule has 0 bridgehead atoms. The summed E-state index contributed by atoms with van der Waals surface area (Å²) in [6, 6.07) is 0.570. The van der Waals surface area contributed by atoms with Gasteiger partial charge in [-0.3, -0.25) is 0 Å². The molecule has 0 radical (unpaired) electrons. The molecule has 0 aromatic heterocycles. The molecule has 0 saturated heterocycles. The summed E-state index contributed by atoms with van der Waals surface area (Å²) in [4.78, 5) is 7.52. The van der Waals surface area contributed by atoms with Gasteiger partial charge in [-0.1, -0.05) is 13.8 Å². The summed E-state index contributed by atoms with van der Waals surface area (Å²) in [5, 5.41) is 0. The normalized spacial score (nSPS) is 43.2. The van der Waals surface area contributed by atoms with Crippen LogP contribution in [0.3, 0.4) is 0 Å². The van der Waals surface area contributed by atoms with Crippen LogP contribution in [0.25, 0.3) is 9.69 Å². The van der Waals surface area contributed by atoms with Gasteiger partial charge in [-0.15, -0.1) is 0 Å². The molecule has 0 aromatic rings. The van der Waals surface area contributed by atoms with Gasteiger partial charge in [0, 0.05) is 24.7 Å². The molecule has 104 valence electrons. The first-order chi connectivity index (χ1) is 9.13. The Balaban J connectivity index is 1.80. The molecule has 0 amide bonds. The van der Waals surface area contributed by atoms with Crippen LogP contribution < -0.4 is 0 Å². The summed E-state index contributed by atoms with van der Waals surface area (Å²) >= 11 is 0. The van der Waals surface area contributed by atoms with Crippen LogP contribution in [0.5, 0.6) is 0 Å². The van der Waals surface area contributed by atoms with Crippen LogP contribution in [0, 0.1) is 36.8 Å². The van der Waals surface area contributed by atoms with E-state index in [2.05, 4.69) is 23.5 Å². The van der Waals surface area contributed by atoms with E-state index >= 15 is 0 Å². The zero-order valence-electron chi connectivity index (χ0n) is 12.3. The first kappa shape index (κ1) is 14.4. The monoisotopic (exact) mass is 258 g/mol. The Hall–Kier alpha value is -1.02. The first-order valence-corrected chi connectivity index (χ1v) is 7.87. The van der Waals surface area contributed by atoms with Crippen LogP contribution in [0.2, 0.25) is 0 Å². The Labute approximate surface area is 118 Å². The summed E-state index contributed by atoms with van der Waals surface area (Å²) in [5.74, 6) is 2.87. The molecule has 0 aromatic carbocycles. The van der Waals surface area contributed by atoms with E-state index in [0.717, 1.165) is 24.7 Å². The lowest BCUT2D eigenvalue weighted by molar-refractivity contribution is 0.183. The van der Waals surface area contributed by atoms with E-state index in [1.807, 2.05) is 0 Å². The van der Waals surface area contributed by atoms with Gasteiger partial charge in [-0.05, 0) is 43.9 Å². The third-order valence-corrected chi connectivity index (χ3v) is 5.46. The summed E-state index contributed by atoms with van der Waals surface area (Å²) in [7, 11) is 0.